The molecule has 0 aliphatic carbocycles. The van der Waals surface area contributed by atoms with Crippen LogP contribution in [0.15, 0.2) is 24.5 Å². The van der Waals surface area contributed by atoms with Crippen LogP contribution in [0.5, 0.6) is 0 Å². The monoisotopic (exact) mass is 228 g/mol. The van der Waals surface area contributed by atoms with E-state index in [0.29, 0.717) is 18.5 Å². The van der Waals surface area contributed by atoms with Gasteiger partial charge in [-0.05, 0) is 18.6 Å². The molecule has 5 heteroatoms. The molecule has 1 aromatic heterocycles. The van der Waals surface area contributed by atoms with E-state index in [9.17, 15) is 9.59 Å². The van der Waals surface area contributed by atoms with Crippen molar-refractivity contribution in [1.29, 1.82) is 0 Å². The number of likely N-dealkylation sites (tertiary alicyclic amines) is 1. The van der Waals surface area contributed by atoms with Gasteiger partial charge in [0.05, 0.1) is 0 Å². The number of amides is 1. The molecule has 1 amide bonds. The van der Waals surface area contributed by atoms with Gasteiger partial charge >= 0.3 is 29.6 Å². The van der Waals surface area contributed by atoms with Gasteiger partial charge in [0, 0.05) is 31.5 Å². The van der Waals surface area contributed by atoms with E-state index in [2.05, 4.69) is 4.98 Å². The van der Waals surface area contributed by atoms with Crippen LogP contribution in [0.1, 0.15) is 16.8 Å². The molecule has 0 N–H and O–H groups in total. The Labute approximate surface area is 116 Å². The summed E-state index contributed by atoms with van der Waals surface area (Å²) in [6.45, 7) is 0.662. The summed E-state index contributed by atoms with van der Waals surface area (Å²) in [6.07, 6.45) is 3.73. The van der Waals surface area contributed by atoms with Gasteiger partial charge in [-0.15, -0.1) is 0 Å². The van der Waals surface area contributed by atoms with Crippen molar-refractivity contribution < 1.29 is 9.59 Å². The summed E-state index contributed by atoms with van der Waals surface area (Å²) >= 11 is 0. The zero-order chi connectivity index (χ0) is 10.8. The number of rotatable bonds is 2. The van der Waals surface area contributed by atoms with Crippen LogP contribution in [-0.4, -0.2) is 64.7 Å². The Balaban J connectivity index is 0.00000128. The number of hydrogen-bond acceptors (Lipinski definition) is 3. The minimum atomic E-state index is -0.501. The minimum absolute atomic E-state index is 0. The molecule has 0 radical (unpaired) electrons. The maximum atomic E-state index is 11.9. The van der Waals surface area contributed by atoms with Crippen molar-refractivity contribution in [2.24, 2.45) is 5.92 Å². The molecule has 1 aliphatic rings. The van der Waals surface area contributed by atoms with Crippen molar-refractivity contribution >= 4 is 41.2 Å². The van der Waals surface area contributed by atoms with E-state index < -0.39 is 5.92 Å². The molecule has 80 valence electrons. The van der Waals surface area contributed by atoms with Crippen LogP contribution in [0.3, 0.4) is 0 Å². The van der Waals surface area contributed by atoms with Crippen molar-refractivity contribution in [3.63, 3.8) is 0 Å². The second-order valence-corrected chi connectivity index (χ2v) is 3.71. The quantitative estimate of drug-likeness (QED) is 0.409. The number of ketones is 1. The molecule has 1 atom stereocenters. The van der Waals surface area contributed by atoms with Crippen molar-refractivity contribution in [3.8, 4) is 0 Å². The van der Waals surface area contributed by atoms with E-state index in [1.54, 1.807) is 30.3 Å². The molecule has 1 unspecified atom stereocenters. The second-order valence-electron chi connectivity index (χ2n) is 3.71. The number of Topliss-reactive ketones (excluding diaryl/α,β-unsaturated/α-hetero) is 1. The number of nitrogens with zero attached hydrogens (tertiary/aromatic N) is 2. The molecule has 1 aromatic rings. The van der Waals surface area contributed by atoms with E-state index >= 15 is 0 Å². The molecule has 0 spiro atoms. The van der Waals surface area contributed by atoms with Crippen LogP contribution >= 0.6 is 0 Å². The zero-order valence-electron chi connectivity index (χ0n) is 8.51. The molecule has 1 aliphatic heterocycles. The first-order valence-electron chi connectivity index (χ1n) is 4.89. The van der Waals surface area contributed by atoms with Gasteiger partial charge in [-0.2, -0.15) is 0 Å². The maximum absolute atomic E-state index is 11.9. The van der Waals surface area contributed by atoms with E-state index in [1.807, 2.05) is 0 Å². The molecule has 16 heavy (non-hydrogen) atoms. The van der Waals surface area contributed by atoms with Crippen LogP contribution in [-0.2, 0) is 4.79 Å². The Kier molecular flexibility index (Phi) is 4.65. The number of hydrogen-bond donors (Lipinski definition) is 0. The van der Waals surface area contributed by atoms with Gasteiger partial charge in [0.1, 0.15) is 5.92 Å². The number of carbonyl (C=O) groups is 2. The van der Waals surface area contributed by atoms with Crippen molar-refractivity contribution in [1.82, 2.24) is 9.88 Å². The Hall–Kier alpha value is -0.710. The summed E-state index contributed by atoms with van der Waals surface area (Å²) in [5, 5.41) is 0. The summed E-state index contributed by atoms with van der Waals surface area (Å²) in [5.41, 5.74) is 0.520. The number of carbonyl (C=O) groups excluding carboxylic acids is 2. The molecule has 0 aromatic carbocycles. The van der Waals surface area contributed by atoms with Gasteiger partial charge in [-0.1, -0.05) is 0 Å². The van der Waals surface area contributed by atoms with E-state index in [1.165, 1.54) is 6.20 Å². The molecule has 1 saturated heterocycles. The molecule has 1 fully saturated rings. The van der Waals surface area contributed by atoms with E-state index in [4.69, 9.17) is 0 Å². The van der Waals surface area contributed by atoms with Gasteiger partial charge in [-0.3, -0.25) is 14.6 Å². The Morgan fingerprint density at radius 3 is 2.81 bits per heavy atom. The molecule has 4 nitrogen and oxygen atoms in total. The third-order valence-electron chi connectivity index (χ3n) is 2.69. The van der Waals surface area contributed by atoms with Crippen LogP contribution in [0, 0.1) is 5.92 Å². The van der Waals surface area contributed by atoms with E-state index in [0.717, 1.165) is 0 Å². The van der Waals surface area contributed by atoms with Crippen molar-refractivity contribution in [3.05, 3.63) is 30.1 Å². The van der Waals surface area contributed by atoms with Crippen LogP contribution in [0.25, 0.3) is 0 Å². The van der Waals surface area contributed by atoms with Gasteiger partial charge in [0.2, 0.25) is 5.91 Å². The van der Waals surface area contributed by atoms with E-state index in [-0.39, 0.29) is 41.2 Å². The molecular weight excluding hydrogens is 215 g/mol. The van der Waals surface area contributed by atoms with Gasteiger partial charge in [0.25, 0.3) is 0 Å². The fourth-order valence-corrected chi connectivity index (χ4v) is 1.78. The third kappa shape index (κ3) is 2.51. The first-order chi connectivity index (χ1) is 7.20. The van der Waals surface area contributed by atoms with Gasteiger partial charge in [0.15, 0.2) is 5.78 Å². The fraction of sp³-hybridized carbons (Fsp3) is 0.364. The second kappa shape index (κ2) is 5.57. The van der Waals surface area contributed by atoms with Gasteiger partial charge < -0.3 is 4.90 Å². The summed E-state index contributed by atoms with van der Waals surface area (Å²) in [7, 11) is 1.72. The topological polar surface area (TPSA) is 50.3 Å². The van der Waals surface area contributed by atoms with Gasteiger partial charge in [-0.25, -0.2) is 0 Å². The number of pyridine rings is 1. The van der Waals surface area contributed by atoms with Crippen LogP contribution < -0.4 is 0 Å². The molecular formula is C11H13N2NaO2. The molecule has 2 heterocycles. The molecule has 0 saturated carbocycles. The summed E-state index contributed by atoms with van der Waals surface area (Å²) in [4.78, 5) is 29.0. The van der Waals surface area contributed by atoms with Crippen molar-refractivity contribution in [2.75, 3.05) is 13.6 Å². The summed E-state index contributed by atoms with van der Waals surface area (Å²) in [5.74, 6) is -0.694. The standard InChI is InChI=1S/C11H12N2O2.Na.H/c1-13-6-4-9(11(13)15)10(14)8-3-2-5-12-7-8;;/h2-3,5,7,9H,4,6H2,1H3;;. The zero-order valence-corrected chi connectivity index (χ0v) is 8.51. The predicted molar refractivity (Wildman–Crippen MR) is 61.5 cm³/mol. The normalized spacial score (nSPS) is 19.4. The number of aromatic nitrogens is 1. The third-order valence-corrected chi connectivity index (χ3v) is 2.69. The fourth-order valence-electron chi connectivity index (χ4n) is 1.78. The first-order valence-corrected chi connectivity index (χ1v) is 4.89. The summed E-state index contributed by atoms with van der Waals surface area (Å²) in [6, 6.07) is 3.40. The van der Waals surface area contributed by atoms with Crippen LogP contribution in [0.2, 0.25) is 0 Å². The molecule has 0 bridgehead atoms. The van der Waals surface area contributed by atoms with Crippen molar-refractivity contribution in [2.45, 2.75) is 6.42 Å². The Morgan fingerprint density at radius 1 is 1.56 bits per heavy atom. The van der Waals surface area contributed by atoms with Crippen LogP contribution in [0.4, 0.5) is 0 Å². The summed E-state index contributed by atoms with van der Waals surface area (Å²) < 4.78 is 0. The first kappa shape index (κ1) is 13.4. The molecule has 2 rings (SSSR count). The average molecular weight is 228 g/mol. The Morgan fingerprint density at radius 2 is 2.31 bits per heavy atom. The SMILES string of the molecule is CN1CCC(C(=O)c2cccnc2)C1=O.[NaH]. The Bertz CT molecular complexity index is 394. The predicted octanol–water partition coefficient (Wildman–Crippen LogP) is 0.0941. The average Bonchev–Trinajstić information content (AvgIpc) is 2.60.